The first-order valence-electron chi connectivity index (χ1n) is 10.1. The lowest BCUT2D eigenvalue weighted by Gasteiger charge is -2.29. The number of hydrogen-bond donors (Lipinski definition) is 1. The maximum absolute atomic E-state index is 14.3. The molecule has 3 aromatic rings. The van der Waals surface area contributed by atoms with E-state index in [2.05, 4.69) is 9.94 Å². The molecule has 4 rings (SSSR count). The lowest BCUT2D eigenvalue weighted by atomic mass is 9.88. The number of halogens is 9. The van der Waals surface area contributed by atoms with Crippen LogP contribution in [0.4, 0.5) is 39.5 Å². The molecule has 1 aliphatic heterocycles. The fourth-order valence-electron chi connectivity index (χ4n) is 3.66. The molecule has 2 heterocycles. The van der Waals surface area contributed by atoms with Crippen LogP contribution in [0.2, 0.25) is 0 Å². The predicted molar refractivity (Wildman–Crippen MR) is 109 cm³/mol. The molecule has 15 heteroatoms. The van der Waals surface area contributed by atoms with Gasteiger partial charge in [-0.3, -0.25) is 10.3 Å². The highest BCUT2D eigenvalue weighted by molar-refractivity contribution is 5.70. The minimum absolute atomic E-state index is 0.0713. The van der Waals surface area contributed by atoms with Gasteiger partial charge in [0.1, 0.15) is 12.1 Å². The molecule has 1 aliphatic rings. The summed E-state index contributed by atoms with van der Waals surface area (Å²) in [5.41, 5.74) is -7.61. The highest BCUT2D eigenvalue weighted by Crippen LogP contribution is 2.49. The zero-order chi connectivity index (χ0) is 28.1. The van der Waals surface area contributed by atoms with Gasteiger partial charge in [0.05, 0.1) is 39.8 Å². The van der Waals surface area contributed by atoms with Crippen LogP contribution < -0.4 is 5.48 Å². The third-order valence-electron chi connectivity index (χ3n) is 5.49. The van der Waals surface area contributed by atoms with Gasteiger partial charge in [-0.2, -0.15) is 55.1 Å². The van der Waals surface area contributed by atoms with E-state index in [1.54, 1.807) is 6.07 Å². The van der Waals surface area contributed by atoms with Crippen molar-refractivity contribution in [2.45, 2.75) is 24.1 Å². The minimum atomic E-state index is -5.52. The number of nitriles is 2. The van der Waals surface area contributed by atoms with Gasteiger partial charge in [-0.1, -0.05) is 6.07 Å². The van der Waals surface area contributed by atoms with Gasteiger partial charge < -0.3 is 0 Å². The summed E-state index contributed by atoms with van der Waals surface area (Å²) in [5, 5.41) is 22.3. The molecule has 38 heavy (non-hydrogen) atoms. The normalized spacial score (nSPS) is 17.9. The van der Waals surface area contributed by atoms with Crippen LogP contribution in [-0.4, -0.2) is 16.0 Å². The highest BCUT2D eigenvalue weighted by atomic mass is 19.4. The summed E-state index contributed by atoms with van der Waals surface area (Å²) in [5.74, 6) is 0. The van der Waals surface area contributed by atoms with E-state index in [9.17, 15) is 44.8 Å². The summed E-state index contributed by atoms with van der Waals surface area (Å²) in [6.07, 6.45) is -13.5. The second-order valence-electron chi connectivity index (χ2n) is 7.92. The number of hydrogen-bond acceptors (Lipinski definition) is 5. The molecular weight excluding hydrogens is 533 g/mol. The van der Waals surface area contributed by atoms with Gasteiger partial charge in [0.2, 0.25) is 5.60 Å². The van der Waals surface area contributed by atoms with Gasteiger partial charge >= 0.3 is 18.5 Å². The SMILES string of the molecule is N#Cc1cnn(-c2ccc(C3=CC(c4cc(C(F)(F)F)cc(C(F)(F)F)c4)(C(F)(F)F)ON3)cc2C#N)c1. The van der Waals surface area contributed by atoms with Crippen molar-refractivity contribution in [2.24, 2.45) is 0 Å². The summed E-state index contributed by atoms with van der Waals surface area (Å²) in [6.45, 7) is 0. The van der Waals surface area contributed by atoms with Crippen LogP contribution in [0.3, 0.4) is 0 Å². The topological polar surface area (TPSA) is 86.7 Å². The van der Waals surface area contributed by atoms with Crippen LogP contribution in [0.5, 0.6) is 0 Å². The maximum Gasteiger partial charge on any atom is 0.428 e. The number of nitrogens with one attached hydrogen (secondary N) is 1. The van der Waals surface area contributed by atoms with Crippen molar-refractivity contribution in [3.63, 3.8) is 0 Å². The van der Waals surface area contributed by atoms with Crippen LogP contribution >= 0.6 is 0 Å². The minimum Gasteiger partial charge on any atom is -0.265 e. The molecule has 1 unspecified atom stereocenters. The van der Waals surface area contributed by atoms with Crippen molar-refractivity contribution in [1.29, 1.82) is 10.5 Å². The molecule has 1 aromatic heterocycles. The van der Waals surface area contributed by atoms with Crippen molar-refractivity contribution in [1.82, 2.24) is 15.3 Å². The second kappa shape index (κ2) is 8.81. The average Bonchev–Trinajstić information content (AvgIpc) is 3.50. The highest BCUT2D eigenvalue weighted by Gasteiger charge is 2.60. The molecule has 2 aromatic carbocycles. The van der Waals surface area contributed by atoms with Crippen molar-refractivity contribution < 1.29 is 44.4 Å². The molecule has 0 spiro atoms. The monoisotopic (exact) mass is 543 g/mol. The van der Waals surface area contributed by atoms with E-state index in [1.165, 1.54) is 24.5 Å². The predicted octanol–water partition coefficient (Wildman–Crippen LogP) is 5.99. The van der Waals surface area contributed by atoms with Crippen molar-refractivity contribution in [3.8, 4) is 17.8 Å². The first-order valence-corrected chi connectivity index (χ1v) is 10.1. The molecule has 0 radical (unpaired) electrons. The summed E-state index contributed by atoms with van der Waals surface area (Å²) < 4.78 is 124. The molecule has 6 nitrogen and oxygen atoms in total. The molecule has 0 saturated heterocycles. The summed E-state index contributed by atoms with van der Waals surface area (Å²) in [7, 11) is 0. The van der Waals surface area contributed by atoms with Crippen molar-refractivity contribution >= 4 is 5.70 Å². The zero-order valence-corrected chi connectivity index (χ0v) is 18.3. The Hall–Kier alpha value is -4.50. The van der Waals surface area contributed by atoms with Crippen LogP contribution in [0.1, 0.15) is 33.4 Å². The number of nitrogens with zero attached hydrogens (tertiary/aromatic N) is 4. The van der Waals surface area contributed by atoms with E-state index in [0.717, 1.165) is 10.7 Å². The number of hydroxylamine groups is 1. The van der Waals surface area contributed by atoms with Crippen LogP contribution in [0.25, 0.3) is 11.4 Å². The van der Waals surface area contributed by atoms with Crippen molar-refractivity contribution in [3.05, 3.63) is 88.2 Å². The van der Waals surface area contributed by atoms with Crippen LogP contribution in [-0.2, 0) is 22.8 Å². The Bertz CT molecular complexity index is 1490. The fraction of sp³-hybridized carbons (Fsp3) is 0.174. The molecule has 0 amide bonds. The zero-order valence-electron chi connectivity index (χ0n) is 18.3. The lowest BCUT2D eigenvalue weighted by molar-refractivity contribution is -0.269. The van der Waals surface area contributed by atoms with Crippen molar-refractivity contribution in [2.75, 3.05) is 0 Å². The van der Waals surface area contributed by atoms with Gasteiger partial charge in [0.15, 0.2) is 0 Å². The van der Waals surface area contributed by atoms with Crippen LogP contribution in [0, 0.1) is 22.7 Å². The number of aromatic nitrogens is 2. The molecule has 0 aliphatic carbocycles. The van der Waals surface area contributed by atoms with Gasteiger partial charge in [0.25, 0.3) is 0 Å². The molecule has 196 valence electrons. The number of alkyl halides is 9. The Labute approximate surface area is 206 Å². The van der Waals surface area contributed by atoms with Gasteiger partial charge in [-0.25, -0.2) is 4.68 Å². The Morgan fingerprint density at radius 2 is 1.50 bits per heavy atom. The van der Waals surface area contributed by atoms with E-state index < -0.39 is 46.5 Å². The maximum atomic E-state index is 14.3. The van der Waals surface area contributed by atoms with Gasteiger partial charge in [-0.05, 0) is 36.4 Å². The first-order chi connectivity index (χ1) is 17.6. The smallest absolute Gasteiger partial charge is 0.265 e. The Morgan fingerprint density at radius 1 is 0.868 bits per heavy atom. The lowest BCUT2D eigenvalue weighted by Crippen LogP contribution is -2.43. The van der Waals surface area contributed by atoms with E-state index >= 15 is 0 Å². The quantitative estimate of drug-likeness (QED) is 0.411. The van der Waals surface area contributed by atoms with E-state index in [4.69, 9.17) is 5.26 Å². The van der Waals surface area contributed by atoms with E-state index in [1.807, 2.05) is 11.5 Å². The molecule has 1 N–H and O–H groups in total. The number of benzene rings is 2. The Balaban J connectivity index is 1.87. The van der Waals surface area contributed by atoms with E-state index in [-0.39, 0.29) is 40.6 Å². The third kappa shape index (κ3) is 4.64. The molecule has 0 bridgehead atoms. The van der Waals surface area contributed by atoms with Gasteiger partial charge in [0, 0.05) is 17.3 Å². The standard InChI is InChI=1S/C23H10F9N5O/c24-21(25,26)16-4-15(5-17(6-16)22(27,28)29)20(23(30,31)32)7-18(36-38-20)13-1-2-19(14(3-13)9-34)37-11-12(8-33)10-35-37/h1-7,10-11,36H. The summed E-state index contributed by atoms with van der Waals surface area (Å²) >= 11 is 0. The van der Waals surface area contributed by atoms with Crippen LogP contribution in [0.15, 0.2) is 54.9 Å². The first kappa shape index (κ1) is 26.6. The second-order valence-corrected chi connectivity index (χ2v) is 7.92. The Morgan fingerprint density at radius 3 is 2.00 bits per heavy atom. The molecule has 1 atom stereocenters. The average molecular weight is 543 g/mol. The summed E-state index contributed by atoms with van der Waals surface area (Å²) in [6, 6.07) is 6.77. The third-order valence-corrected chi connectivity index (χ3v) is 5.49. The molecular formula is C23H10F9N5O. The fourth-order valence-corrected chi connectivity index (χ4v) is 3.66. The van der Waals surface area contributed by atoms with E-state index in [0.29, 0.717) is 6.08 Å². The Kier molecular flexibility index (Phi) is 6.16. The largest absolute Gasteiger partial charge is 0.428 e. The summed E-state index contributed by atoms with van der Waals surface area (Å²) in [4.78, 5) is 4.66. The van der Waals surface area contributed by atoms with Gasteiger partial charge in [-0.15, -0.1) is 0 Å². The molecule has 0 fully saturated rings. The number of rotatable bonds is 3. The molecule has 0 saturated carbocycles.